The largest absolute Gasteiger partial charge is 0.470 e. The molecule has 184 valence electrons. The Balaban J connectivity index is 1.52. The molecule has 0 spiro atoms. The Hall–Kier alpha value is -4.02. The van der Waals surface area contributed by atoms with E-state index in [1.54, 1.807) is 16.8 Å². The second-order valence-corrected chi connectivity index (χ2v) is 8.39. The van der Waals surface area contributed by atoms with E-state index in [-0.39, 0.29) is 30.1 Å². The number of aliphatic hydroxyl groups is 1. The maximum atomic E-state index is 13.0. The monoisotopic (exact) mass is 477 g/mol. The molecule has 3 aromatic rings. The molecule has 0 amide bonds. The summed E-state index contributed by atoms with van der Waals surface area (Å²) >= 11 is 0. The lowest BCUT2D eigenvalue weighted by Gasteiger charge is -2.35. The van der Waals surface area contributed by atoms with E-state index in [0.29, 0.717) is 11.5 Å². The summed E-state index contributed by atoms with van der Waals surface area (Å²) in [4.78, 5) is 21.9. The number of hydrogen-bond donors (Lipinski definition) is 3. The van der Waals surface area contributed by atoms with Crippen molar-refractivity contribution >= 4 is 23.4 Å². The smallest absolute Gasteiger partial charge is 0.278 e. The molecule has 1 fully saturated rings. The van der Waals surface area contributed by atoms with Crippen molar-refractivity contribution in [1.82, 2.24) is 14.3 Å². The molecule has 0 radical (unpaired) electrons. The number of nitrogens with one attached hydrogen (secondary N) is 1. The molecule has 0 atom stereocenters. The number of anilines is 3. The molecule has 1 aliphatic heterocycles. The molecular formula is C25H31N7O3. The number of aliphatic imine (C=N–C) groups is 1. The maximum Gasteiger partial charge on any atom is 0.278 e. The van der Waals surface area contributed by atoms with Crippen molar-refractivity contribution in [1.29, 1.82) is 0 Å². The quantitative estimate of drug-likeness (QED) is 0.320. The minimum absolute atomic E-state index is 0.0756. The molecule has 0 aliphatic carbocycles. The number of aliphatic hydroxyl groups excluding tert-OH is 1. The van der Waals surface area contributed by atoms with Crippen LogP contribution in [0.25, 0.3) is 5.69 Å². The number of benzene rings is 1. The Morgan fingerprint density at radius 3 is 2.71 bits per heavy atom. The fraction of sp³-hybridized carbons (Fsp3) is 0.280. The van der Waals surface area contributed by atoms with Crippen LogP contribution < -0.4 is 21.5 Å². The van der Waals surface area contributed by atoms with Gasteiger partial charge >= 0.3 is 0 Å². The Morgan fingerprint density at radius 2 is 2.06 bits per heavy atom. The van der Waals surface area contributed by atoms with Crippen LogP contribution in [0.4, 0.5) is 17.2 Å². The minimum atomic E-state index is -0.306. The van der Waals surface area contributed by atoms with Gasteiger partial charge in [-0.3, -0.25) is 4.79 Å². The first-order valence-corrected chi connectivity index (χ1v) is 11.3. The van der Waals surface area contributed by atoms with Crippen molar-refractivity contribution < 1.29 is 9.52 Å². The molecule has 1 aliphatic rings. The predicted octanol–water partition coefficient (Wildman–Crippen LogP) is 2.25. The molecular weight excluding hydrogens is 446 g/mol. The minimum Gasteiger partial charge on any atom is -0.470 e. The van der Waals surface area contributed by atoms with Gasteiger partial charge in [0.2, 0.25) is 0 Å². The number of piperazine rings is 1. The summed E-state index contributed by atoms with van der Waals surface area (Å²) < 4.78 is 8.16. The summed E-state index contributed by atoms with van der Waals surface area (Å²) in [7, 11) is 2.11. The summed E-state index contributed by atoms with van der Waals surface area (Å²) in [5.41, 5.74) is 9.42. The van der Waals surface area contributed by atoms with Crippen LogP contribution in [0.5, 0.6) is 0 Å². The molecule has 0 saturated carbocycles. The van der Waals surface area contributed by atoms with E-state index in [4.69, 9.17) is 10.2 Å². The lowest BCUT2D eigenvalue weighted by atomic mass is 10.1. The third kappa shape index (κ3) is 5.08. The number of rotatable bonds is 9. The predicted molar refractivity (Wildman–Crippen MR) is 139 cm³/mol. The van der Waals surface area contributed by atoms with E-state index in [1.807, 2.05) is 18.2 Å². The zero-order valence-electron chi connectivity index (χ0n) is 19.9. The van der Waals surface area contributed by atoms with Crippen LogP contribution >= 0.6 is 0 Å². The normalized spacial score (nSPS) is 14.5. The van der Waals surface area contributed by atoms with Crippen LogP contribution in [0.2, 0.25) is 0 Å². The average molecular weight is 478 g/mol. The van der Waals surface area contributed by atoms with Gasteiger partial charge in [0.25, 0.3) is 5.56 Å². The van der Waals surface area contributed by atoms with Gasteiger partial charge < -0.3 is 30.4 Å². The van der Waals surface area contributed by atoms with Crippen LogP contribution in [-0.4, -0.2) is 58.8 Å². The highest BCUT2D eigenvalue weighted by atomic mass is 16.3. The Kier molecular flexibility index (Phi) is 7.23. The van der Waals surface area contributed by atoms with Crippen LogP contribution in [0.3, 0.4) is 0 Å². The molecule has 2 aromatic heterocycles. The van der Waals surface area contributed by atoms with Gasteiger partial charge in [0, 0.05) is 55.4 Å². The first-order chi connectivity index (χ1) is 16.9. The first kappa shape index (κ1) is 24.1. The maximum absolute atomic E-state index is 13.0. The number of nitrogens with two attached hydrogens (primary N) is 1. The van der Waals surface area contributed by atoms with E-state index in [0.717, 1.165) is 43.1 Å². The van der Waals surface area contributed by atoms with E-state index in [1.165, 1.54) is 23.4 Å². The van der Waals surface area contributed by atoms with E-state index < -0.39 is 0 Å². The number of furan rings is 1. The number of nitrogens with zero attached hydrogens (tertiary/aromatic N) is 5. The second kappa shape index (κ2) is 10.5. The van der Waals surface area contributed by atoms with Gasteiger partial charge in [0.1, 0.15) is 29.2 Å². The standard InChI is InChI=1S/C25H31N7O3/c1-4-8-31-25(34)22(24(26)32(31)21-7-13-35-17-21)15-27-18(2)28-20-5-6-23(19(14-20)16-33)30-11-9-29(3)10-12-30/h4-7,13-15,17,28,33H,1-2,8-12,16,26H2,3H3/b27-15-. The van der Waals surface area contributed by atoms with Crippen LogP contribution in [0.1, 0.15) is 11.1 Å². The Morgan fingerprint density at radius 1 is 1.29 bits per heavy atom. The van der Waals surface area contributed by atoms with Crippen molar-refractivity contribution in [3.05, 3.63) is 83.3 Å². The number of allylic oxidation sites excluding steroid dienone is 1. The molecule has 0 bridgehead atoms. The van der Waals surface area contributed by atoms with Gasteiger partial charge in [-0.1, -0.05) is 12.7 Å². The van der Waals surface area contributed by atoms with Gasteiger partial charge in [-0.2, -0.15) is 0 Å². The summed E-state index contributed by atoms with van der Waals surface area (Å²) in [5.74, 6) is 0.556. The second-order valence-electron chi connectivity index (χ2n) is 8.39. The topological polar surface area (TPSA) is 117 Å². The van der Waals surface area contributed by atoms with Crippen LogP contribution in [0, 0.1) is 0 Å². The molecule has 35 heavy (non-hydrogen) atoms. The van der Waals surface area contributed by atoms with Crippen LogP contribution in [-0.2, 0) is 13.2 Å². The summed E-state index contributed by atoms with van der Waals surface area (Å²) in [6.07, 6.45) is 6.02. The molecule has 1 aromatic carbocycles. The average Bonchev–Trinajstić information content (AvgIpc) is 3.45. The molecule has 0 unspecified atom stereocenters. The fourth-order valence-electron chi connectivity index (χ4n) is 4.14. The van der Waals surface area contributed by atoms with Crippen molar-refractivity contribution in [2.24, 2.45) is 4.99 Å². The molecule has 3 heterocycles. The van der Waals surface area contributed by atoms with Crippen molar-refractivity contribution in [3.8, 4) is 5.69 Å². The number of hydrogen-bond acceptors (Lipinski definition) is 8. The van der Waals surface area contributed by atoms with Crippen molar-refractivity contribution in [3.63, 3.8) is 0 Å². The lowest BCUT2D eigenvalue weighted by molar-refractivity contribution is 0.280. The molecule has 10 nitrogen and oxygen atoms in total. The fourth-order valence-corrected chi connectivity index (χ4v) is 4.14. The van der Waals surface area contributed by atoms with Gasteiger partial charge in [0.15, 0.2) is 0 Å². The summed E-state index contributed by atoms with van der Waals surface area (Å²) in [6, 6.07) is 7.51. The van der Waals surface area contributed by atoms with Gasteiger partial charge in [-0.05, 0) is 25.2 Å². The molecule has 1 saturated heterocycles. The zero-order valence-corrected chi connectivity index (χ0v) is 19.9. The van der Waals surface area contributed by atoms with E-state index >= 15 is 0 Å². The Bertz CT molecular complexity index is 1280. The third-order valence-electron chi connectivity index (χ3n) is 6.00. The van der Waals surface area contributed by atoms with Crippen LogP contribution in [0.15, 0.2) is 76.1 Å². The van der Waals surface area contributed by atoms with Gasteiger partial charge in [0.05, 0.1) is 19.4 Å². The molecule has 4 rings (SSSR count). The zero-order chi connectivity index (χ0) is 24.9. The molecule has 4 N–H and O–H groups in total. The highest BCUT2D eigenvalue weighted by Crippen LogP contribution is 2.26. The lowest BCUT2D eigenvalue weighted by Crippen LogP contribution is -2.44. The summed E-state index contributed by atoms with van der Waals surface area (Å²) in [5, 5.41) is 13.1. The van der Waals surface area contributed by atoms with E-state index in [2.05, 4.69) is 40.3 Å². The Labute approximate surface area is 203 Å². The van der Waals surface area contributed by atoms with Crippen molar-refractivity contribution in [2.45, 2.75) is 13.2 Å². The van der Waals surface area contributed by atoms with Crippen molar-refractivity contribution in [2.75, 3.05) is 49.2 Å². The SMILES string of the molecule is C=CCn1c(=O)c(/C=N\C(=C)Nc2ccc(N3CCN(C)CC3)c(CO)c2)c(N)n1-c1ccoc1. The first-order valence-electron chi connectivity index (χ1n) is 11.3. The highest BCUT2D eigenvalue weighted by Gasteiger charge is 2.19. The highest BCUT2D eigenvalue weighted by molar-refractivity contribution is 5.86. The number of likely N-dealkylation sites (N-methyl/N-ethyl adjacent to an activating group) is 1. The molecule has 10 heteroatoms. The van der Waals surface area contributed by atoms with Gasteiger partial charge in [-0.15, -0.1) is 6.58 Å². The number of nitrogen functional groups attached to an aromatic ring is 1. The summed E-state index contributed by atoms with van der Waals surface area (Å²) in [6.45, 7) is 11.6. The van der Waals surface area contributed by atoms with E-state index in [9.17, 15) is 9.90 Å². The third-order valence-corrected chi connectivity index (χ3v) is 6.00. The van der Waals surface area contributed by atoms with Gasteiger partial charge in [-0.25, -0.2) is 14.4 Å². The number of aromatic nitrogens is 2.